The molecule has 13 aromatic rings. The monoisotopic (exact) mass is 1430 g/mol. The smallest absolute Gasteiger partial charge is 0.242 e. The van der Waals surface area contributed by atoms with Crippen LogP contribution >= 0.6 is 0 Å². The third-order valence-corrected chi connectivity index (χ3v) is 18.1. The Morgan fingerprint density at radius 2 is 0.958 bits per heavy atom. The van der Waals surface area contributed by atoms with Crippen LogP contribution in [0.15, 0.2) is 224 Å². The number of aromatic nitrogens is 4. The Morgan fingerprint density at radius 1 is 0.442 bits per heavy atom. The molecule has 95 heavy (non-hydrogen) atoms. The van der Waals surface area contributed by atoms with Crippen LogP contribution in [-0.2, 0) is 61.1 Å². The Bertz CT molecular complexity index is 5310. The molecule has 3 aromatic heterocycles. The molecule has 5 nitrogen and oxygen atoms in total. The van der Waals surface area contributed by atoms with Gasteiger partial charge in [-0.15, -0.1) is 29.7 Å². The fraction of sp³-hybridized carbons (Fsp3) is 0.258. The third-order valence-electron chi connectivity index (χ3n) is 18.1. The Labute approximate surface area is 592 Å². The molecule has 0 N–H and O–H groups in total. The van der Waals surface area contributed by atoms with Gasteiger partial charge >= 0.3 is 0 Å². The summed E-state index contributed by atoms with van der Waals surface area (Å²) in [6.45, 7) is 34.6. The van der Waals surface area contributed by atoms with Gasteiger partial charge in [-0.2, -0.15) is 18.2 Å². The van der Waals surface area contributed by atoms with Crippen LogP contribution in [0.4, 0.5) is 0 Å². The molecule has 0 saturated heterocycles. The molecule has 0 unspecified atom stereocenters. The number of para-hydroxylation sites is 2. The first kappa shape index (κ1) is 54.4. The van der Waals surface area contributed by atoms with Gasteiger partial charge in [0.1, 0.15) is 5.82 Å². The van der Waals surface area contributed by atoms with Crippen molar-refractivity contribution in [2.45, 2.75) is 150 Å². The predicted octanol–water partition coefficient (Wildman–Crippen LogP) is 23.1. The van der Waals surface area contributed by atoms with Gasteiger partial charge in [-0.05, 0) is 171 Å². The molecule has 0 spiro atoms. The molecule has 3 heterocycles. The quantitative estimate of drug-likeness (QED) is 0.0852. The molecule has 0 aliphatic rings. The zero-order valence-electron chi connectivity index (χ0n) is 67.2. The maximum Gasteiger partial charge on any atom is 0.242 e. The zero-order chi connectivity index (χ0) is 74.8. The maximum atomic E-state index is 8.99. The molecule has 0 bridgehead atoms. The fourth-order valence-electron chi connectivity index (χ4n) is 12.6. The van der Waals surface area contributed by atoms with Crippen molar-refractivity contribution in [1.29, 1.82) is 0 Å². The van der Waals surface area contributed by atoms with Crippen LogP contribution in [0.3, 0.4) is 0 Å². The number of nitrogens with zero attached hydrogens (tertiary/aromatic N) is 4. The average molecular weight is 1430 g/mol. The summed E-state index contributed by atoms with van der Waals surface area (Å²) in [5.74, 6) is 1.68. The van der Waals surface area contributed by atoms with E-state index in [0.717, 1.165) is 66.5 Å². The summed E-state index contributed by atoms with van der Waals surface area (Å²) < 4.78 is 99.9. The largest absolute Gasteiger partial charge is 0.510 e. The molecule has 0 radical (unpaired) electrons. The summed E-state index contributed by atoms with van der Waals surface area (Å²) in [5, 5.41) is 2.02. The van der Waals surface area contributed by atoms with Crippen LogP contribution in [0.25, 0.3) is 100.0 Å². The van der Waals surface area contributed by atoms with E-state index in [1.807, 2.05) is 63.9 Å². The Hall–Kier alpha value is -8.89. The zero-order valence-corrected chi connectivity index (χ0v) is 59.5. The van der Waals surface area contributed by atoms with E-state index in [1.165, 1.54) is 33.4 Å². The van der Waals surface area contributed by atoms with Crippen molar-refractivity contribution in [3.63, 3.8) is 0 Å². The van der Waals surface area contributed by atoms with Crippen molar-refractivity contribution in [2.24, 2.45) is 0 Å². The molecule has 0 saturated carbocycles. The second kappa shape index (κ2) is 25.7. The Morgan fingerprint density at radius 3 is 1.52 bits per heavy atom. The summed E-state index contributed by atoms with van der Waals surface area (Å²) in [7, 11) is 0. The summed E-state index contributed by atoms with van der Waals surface area (Å²) >= 11 is 0. The first-order valence-electron chi connectivity index (χ1n) is 37.7. The number of hydrogen-bond donors (Lipinski definition) is 0. The van der Waals surface area contributed by atoms with Crippen molar-refractivity contribution >= 4 is 32.8 Å². The predicted molar refractivity (Wildman–Crippen MR) is 394 cm³/mol. The third kappa shape index (κ3) is 13.8. The second-order valence-corrected chi connectivity index (χ2v) is 30.2. The molecule has 482 valence electrons. The summed E-state index contributed by atoms with van der Waals surface area (Å²) in [4.78, 5) is 5.07. The van der Waals surface area contributed by atoms with Crippen LogP contribution in [0.1, 0.15) is 157 Å². The van der Waals surface area contributed by atoms with E-state index in [4.69, 9.17) is 23.4 Å². The van der Waals surface area contributed by atoms with E-state index in [-0.39, 0.29) is 65.7 Å². The minimum absolute atomic E-state index is 0. The molecule has 0 fully saturated rings. The van der Waals surface area contributed by atoms with E-state index in [2.05, 4.69) is 218 Å². The van der Waals surface area contributed by atoms with Gasteiger partial charge in [0.2, 0.25) is 6.33 Å². The number of benzene rings is 10. The minimum Gasteiger partial charge on any atom is -0.510 e. The number of rotatable bonds is 13. The van der Waals surface area contributed by atoms with Crippen molar-refractivity contribution in [2.75, 3.05) is 0 Å². The molecule has 0 aliphatic heterocycles. The molecule has 0 amide bonds. The number of pyridine rings is 1. The first-order valence-corrected chi connectivity index (χ1v) is 32.7. The second-order valence-electron chi connectivity index (χ2n) is 30.2. The van der Waals surface area contributed by atoms with E-state index in [9.17, 15) is 0 Å². The van der Waals surface area contributed by atoms with Crippen LogP contribution < -0.4 is 9.30 Å². The normalized spacial score (nSPS) is 13.9. The van der Waals surface area contributed by atoms with Gasteiger partial charge in [0.15, 0.2) is 0 Å². The Balaban J connectivity index is 0.0000104. The number of hydrogen-bond acceptors (Lipinski definition) is 2. The number of ether oxygens (including phenoxy) is 1. The topological polar surface area (TPSA) is 35.9 Å². The molecule has 0 atom stereocenters. The van der Waals surface area contributed by atoms with Gasteiger partial charge in [-0.25, -0.2) is 4.98 Å². The van der Waals surface area contributed by atoms with Gasteiger partial charge in [-0.1, -0.05) is 266 Å². The molecule has 0 aliphatic carbocycles. The molecular weight excluding hydrogens is 1340 g/mol. The summed E-state index contributed by atoms with van der Waals surface area (Å²) in [5.41, 5.74) is 17.8. The summed E-state index contributed by atoms with van der Waals surface area (Å²) in [6.07, 6.45) is 6.08. The van der Waals surface area contributed by atoms with Crippen molar-refractivity contribution in [3.8, 4) is 78.6 Å². The molecule has 6 heteroatoms. The minimum atomic E-state index is -0.538. The van der Waals surface area contributed by atoms with Crippen molar-refractivity contribution in [1.82, 2.24) is 14.1 Å². The Kier molecular flexibility index (Phi) is 14.7. The average Bonchev–Trinajstić information content (AvgIpc) is 1.65. The van der Waals surface area contributed by atoms with Gasteiger partial charge in [0.05, 0.1) is 31.3 Å². The van der Waals surface area contributed by atoms with E-state index < -0.39 is 60.4 Å². The van der Waals surface area contributed by atoms with E-state index >= 15 is 0 Å². The van der Waals surface area contributed by atoms with Crippen molar-refractivity contribution in [3.05, 3.63) is 276 Å². The van der Waals surface area contributed by atoms with Crippen LogP contribution in [0.5, 0.6) is 11.5 Å². The number of imidazole rings is 1. The standard InChI is InChI=1S/C89H88N4O.Pt/c1-85(2,3)67-42-43-90-84(55-67)93-80-41-38-61(62-45-63(65-48-68(86(4,5)6)53-69(49-65)87(7,8)9)47-64(46-62)66-50-70(88(10,11)12)54-71(51-66)89(13,14)15)52-79(80)78-40-39-74(57-83(78)93)94-73-32-24-31-72(56-73)92-58-91(81-36-22-23-37-82(81)92)44-26-35-77-75(59-27-18-16-19-28-59)33-25-34-76(77)60-29-20-17-21-30-60;/h16-25,27-34,36-43,45-55H,26,35,44H2,1-15H3;/q-2;/i16D,17D,18D,19D,20D,21D,27D,28D,29D,30D;. The van der Waals surface area contributed by atoms with Crippen molar-refractivity contribution < 1.29 is 44.1 Å². The SMILES string of the molecule is [2H]c1c([2H])c([2H])c(-c2cccc(-c3c([2H])c([2H])c([2H])c([2H])c3[2H])c2CCC[n+]2[c-]n(-c3[c-]c(Oc4[c-]c5c(cc4)c4cc(-c6cc(-c7cc(C(C)(C)C)cc(C(C)(C)C)c7)cc(-c7cc(C(C)(C)C)cc(C(C)(C)C)c7)c6)ccc4n5-c4cc(C(C)(C)C)ccn4)ccc3)c3ccccc32)c([2H])c1[2H].[Pt]. The van der Waals surface area contributed by atoms with Gasteiger partial charge in [-0.3, -0.25) is 0 Å². The molecule has 13 rings (SSSR count). The number of fused-ring (bicyclic) bond motifs is 4. The summed E-state index contributed by atoms with van der Waals surface area (Å²) in [6, 6.07) is 57.7. The first-order chi connectivity index (χ1) is 48.8. The van der Waals surface area contributed by atoms with Crippen LogP contribution in [0, 0.1) is 18.5 Å². The number of aryl methyl sites for hydroxylation is 1. The van der Waals surface area contributed by atoms with Gasteiger partial charge in [0.25, 0.3) is 0 Å². The van der Waals surface area contributed by atoms with Gasteiger partial charge < -0.3 is 18.4 Å². The van der Waals surface area contributed by atoms with Crippen LogP contribution in [-0.4, -0.2) is 14.1 Å². The van der Waals surface area contributed by atoms with E-state index in [1.54, 1.807) is 18.2 Å². The fourth-order valence-corrected chi connectivity index (χ4v) is 12.6. The molecule has 10 aromatic carbocycles. The van der Waals surface area contributed by atoms with Gasteiger partial charge in [0, 0.05) is 44.3 Å². The van der Waals surface area contributed by atoms with E-state index in [0.29, 0.717) is 46.8 Å². The molecular formula is C89H88N4OPt-2. The van der Waals surface area contributed by atoms with Crippen LogP contribution in [0.2, 0.25) is 0 Å². The maximum absolute atomic E-state index is 8.99.